The van der Waals surface area contributed by atoms with E-state index in [-0.39, 0.29) is 18.1 Å². The first kappa shape index (κ1) is 18.0. The fourth-order valence-electron chi connectivity index (χ4n) is 2.75. The Kier molecular flexibility index (Phi) is 5.89. The maximum Gasteiger partial charge on any atom is 0.319 e. The zero-order chi connectivity index (χ0) is 18.4. The summed E-state index contributed by atoms with van der Waals surface area (Å²) in [6.07, 6.45) is 0. The van der Waals surface area contributed by atoms with Gasteiger partial charge in [0.2, 0.25) is 0 Å². The molecular formula is C21H20ClN3O. The maximum absolute atomic E-state index is 12.5. The summed E-state index contributed by atoms with van der Waals surface area (Å²) >= 11 is 5.88. The molecule has 3 aromatic rings. The van der Waals surface area contributed by atoms with E-state index in [4.69, 9.17) is 17.3 Å². The molecule has 2 amide bonds. The summed E-state index contributed by atoms with van der Waals surface area (Å²) in [6, 6.07) is 25.3. The number of urea groups is 1. The van der Waals surface area contributed by atoms with Crippen LogP contribution < -0.4 is 16.4 Å². The van der Waals surface area contributed by atoms with Crippen molar-refractivity contribution >= 4 is 23.3 Å². The van der Waals surface area contributed by atoms with Gasteiger partial charge in [0.25, 0.3) is 0 Å². The zero-order valence-electron chi connectivity index (χ0n) is 14.1. The van der Waals surface area contributed by atoms with Crippen LogP contribution in [0, 0.1) is 0 Å². The Labute approximate surface area is 158 Å². The quantitative estimate of drug-likeness (QED) is 0.601. The largest absolute Gasteiger partial charge is 0.329 e. The normalized spacial score (nSPS) is 12.8. The second kappa shape index (κ2) is 8.52. The minimum atomic E-state index is -0.380. The van der Waals surface area contributed by atoms with Crippen LogP contribution in [0.2, 0.25) is 5.02 Å². The predicted octanol–water partition coefficient (Wildman–Crippen LogP) is 4.90. The minimum Gasteiger partial charge on any atom is -0.329 e. The number of hydrogen-bond acceptors (Lipinski definition) is 2. The molecule has 0 bridgehead atoms. The standard InChI is InChI=1S/C21H20ClN3O/c22-17-11-13-18(14-12-17)24-21(26)25-20(16-9-5-2-6-10-16)19(23)15-7-3-1-4-8-15/h1-14,19-20H,23H2,(H2,24,25,26)/t19-,20-/m0/s1. The fourth-order valence-corrected chi connectivity index (χ4v) is 2.88. The summed E-state index contributed by atoms with van der Waals surface area (Å²) < 4.78 is 0. The van der Waals surface area contributed by atoms with Gasteiger partial charge in [0, 0.05) is 10.7 Å². The molecule has 0 aliphatic carbocycles. The summed E-state index contributed by atoms with van der Waals surface area (Å²) in [4.78, 5) is 12.5. The highest BCUT2D eigenvalue weighted by Crippen LogP contribution is 2.27. The lowest BCUT2D eigenvalue weighted by molar-refractivity contribution is 0.246. The van der Waals surface area contributed by atoms with E-state index in [0.29, 0.717) is 10.7 Å². The molecule has 0 heterocycles. The SMILES string of the molecule is N[C@@H](c1ccccc1)[C@@H](NC(=O)Nc1ccc(Cl)cc1)c1ccccc1. The van der Waals surface area contributed by atoms with E-state index in [2.05, 4.69) is 10.6 Å². The van der Waals surface area contributed by atoms with Crippen molar-refractivity contribution in [2.75, 3.05) is 5.32 Å². The summed E-state index contributed by atoms with van der Waals surface area (Å²) in [5, 5.41) is 6.41. The summed E-state index contributed by atoms with van der Waals surface area (Å²) in [6.45, 7) is 0. The number of hydrogen-bond donors (Lipinski definition) is 3. The number of amides is 2. The maximum atomic E-state index is 12.5. The van der Waals surface area contributed by atoms with Gasteiger partial charge in [-0.3, -0.25) is 0 Å². The van der Waals surface area contributed by atoms with E-state index in [0.717, 1.165) is 11.1 Å². The van der Waals surface area contributed by atoms with Crippen LogP contribution in [0.15, 0.2) is 84.9 Å². The van der Waals surface area contributed by atoms with Crippen LogP contribution >= 0.6 is 11.6 Å². The van der Waals surface area contributed by atoms with Crippen LogP contribution in [0.3, 0.4) is 0 Å². The van der Waals surface area contributed by atoms with Crippen LogP contribution in [0.5, 0.6) is 0 Å². The number of halogens is 1. The second-order valence-electron chi connectivity index (χ2n) is 5.93. The van der Waals surface area contributed by atoms with Crippen molar-refractivity contribution in [3.63, 3.8) is 0 Å². The topological polar surface area (TPSA) is 67.1 Å². The van der Waals surface area contributed by atoms with Crippen molar-refractivity contribution in [1.82, 2.24) is 5.32 Å². The van der Waals surface area contributed by atoms with Crippen LogP contribution in [-0.4, -0.2) is 6.03 Å². The molecule has 4 nitrogen and oxygen atoms in total. The van der Waals surface area contributed by atoms with Crippen LogP contribution in [0.1, 0.15) is 23.2 Å². The monoisotopic (exact) mass is 365 g/mol. The molecule has 5 heteroatoms. The van der Waals surface area contributed by atoms with Crippen molar-refractivity contribution in [3.05, 3.63) is 101 Å². The van der Waals surface area contributed by atoms with Gasteiger partial charge in [-0.25, -0.2) is 4.79 Å². The first-order valence-electron chi connectivity index (χ1n) is 8.32. The summed E-state index contributed by atoms with van der Waals surface area (Å²) in [5.74, 6) is 0. The first-order chi connectivity index (χ1) is 12.6. The van der Waals surface area contributed by atoms with Crippen LogP contribution in [0.4, 0.5) is 10.5 Å². The van der Waals surface area contributed by atoms with Crippen molar-refractivity contribution in [1.29, 1.82) is 0 Å². The molecule has 4 N–H and O–H groups in total. The molecule has 3 aromatic carbocycles. The van der Waals surface area contributed by atoms with Gasteiger partial charge in [-0.15, -0.1) is 0 Å². The molecular weight excluding hydrogens is 346 g/mol. The number of anilines is 1. The second-order valence-corrected chi connectivity index (χ2v) is 6.37. The van der Waals surface area contributed by atoms with E-state index in [9.17, 15) is 4.79 Å². The molecule has 0 unspecified atom stereocenters. The summed E-state index contributed by atoms with van der Waals surface area (Å²) in [7, 11) is 0. The Morgan fingerprint density at radius 2 is 1.35 bits per heavy atom. The van der Waals surface area contributed by atoms with Crippen molar-refractivity contribution < 1.29 is 4.79 Å². The highest BCUT2D eigenvalue weighted by atomic mass is 35.5. The van der Waals surface area contributed by atoms with E-state index < -0.39 is 0 Å². The predicted molar refractivity (Wildman–Crippen MR) is 106 cm³/mol. The molecule has 0 aromatic heterocycles. The van der Waals surface area contributed by atoms with Gasteiger partial charge in [-0.1, -0.05) is 72.3 Å². The number of rotatable bonds is 5. The van der Waals surface area contributed by atoms with E-state index in [1.54, 1.807) is 24.3 Å². The average Bonchev–Trinajstić information content (AvgIpc) is 2.69. The van der Waals surface area contributed by atoms with Crippen LogP contribution in [0.25, 0.3) is 0 Å². The fraction of sp³-hybridized carbons (Fsp3) is 0.0952. The van der Waals surface area contributed by atoms with Gasteiger partial charge in [0.15, 0.2) is 0 Å². The molecule has 0 saturated carbocycles. The Balaban J connectivity index is 1.79. The zero-order valence-corrected chi connectivity index (χ0v) is 14.9. The van der Waals surface area contributed by atoms with E-state index in [1.165, 1.54) is 0 Å². The molecule has 0 aliphatic rings. The lowest BCUT2D eigenvalue weighted by Crippen LogP contribution is -2.38. The van der Waals surface area contributed by atoms with Crippen LogP contribution in [-0.2, 0) is 0 Å². The third-order valence-corrected chi connectivity index (χ3v) is 4.34. The highest BCUT2D eigenvalue weighted by Gasteiger charge is 2.23. The Bertz CT molecular complexity index is 838. The van der Waals surface area contributed by atoms with Crippen molar-refractivity contribution in [2.45, 2.75) is 12.1 Å². The average molecular weight is 366 g/mol. The molecule has 0 saturated heterocycles. The molecule has 0 fully saturated rings. The number of benzene rings is 3. The Hall–Kier alpha value is -2.82. The van der Waals surface area contributed by atoms with Gasteiger partial charge >= 0.3 is 6.03 Å². The molecule has 132 valence electrons. The first-order valence-corrected chi connectivity index (χ1v) is 8.70. The molecule has 0 radical (unpaired) electrons. The number of carbonyl (C=O) groups excluding carboxylic acids is 1. The lowest BCUT2D eigenvalue weighted by Gasteiger charge is -2.26. The van der Waals surface area contributed by atoms with Crippen molar-refractivity contribution in [2.24, 2.45) is 5.73 Å². The highest BCUT2D eigenvalue weighted by molar-refractivity contribution is 6.30. The Morgan fingerprint density at radius 3 is 1.92 bits per heavy atom. The molecule has 26 heavy (non-hydrogen) atoms. The Morgan fingerprint density at radius 1 is 0.808 bits per heavy atom. The van der Waals surface area contributed by atoms with Gasteiger partial charge in [-0.05, 0) is 35.4 Å². The van der Waals surface area contributed by atoms with Gasteiger partial charge in [0.05, 0.1) is 12.1 Å². The number of nitrogens with one attached hydrogen (secondary N) is 2. The number of nitrogens with two attached hydrogens (primary N) is 1. The smallest absolute Gasteiger partial charge is 0.319 e. The van der Waals surface area contributed by atoms with Gasteiger partial charge in [0.1, 0.15) is 0 Å². The third-order valence-electron chi connectivity index (χ3n) is 4.09. The van der Waals surface area contributed by atoms with Crippen molar-refractivity contribution in [3.8, 4) is 0 Å². The third kappa shape index (κ3) is 4.63. The molecule has 0 spiro atoms. The van der Waals surface area contributed by atoms with Gasteiger partial charge < -0.3 is 16.4 Å². The van der Waals surface area contributed by atoms with E-state index in [1.807, 2.05) is 60.7 Å². The summed E-state index contributed by atoms with van der Waals surface area (Å²) in [5.41, 5.74) is 9.02. The number of carbonyl (C=O) groups is 1. The van der Waals surface area contributed by atoms with E-state index >= 15 is 0 Å². The molecule has 2 atom stereocenters. The molecule has 3 rings (SSSR count). The lowest BCUT2D eigenvalue weighted by atomic mass is 9.94. The minimum absolute atomic E-state index is 0.326. The molecule has 0 aliphatic heterocycles. The van der Waals surface area contributed by atoms with Gasteiger partial charge in [-0.2, -0.15) is 0 Å².